The van der Waals surface area contributed by atoms with E-state index in [1.54, 1.807) is 0 Å². The molecule has 1 aliphatic carbocycles. The SMILES string of the molecule is CC(C)=CC[C@H]1O[C@]1(C)[C@H]1C[C@H](OC(=O)N2CCCC2)CC[C@]12CO2. The fraction of sp³-hybridized carbons (Fsp3) is 0.850. The van der Waals surface area contributed by atoms with Crippen molar-refractivity contribution in [1.29, 1.82) is 0 Å². The van der Waals surface area contributed by atoms with Crippen molar-refractivity contribution in [1.82, 2.24) is 4.90 Å². The Labute approximate surface area is 150 Å². The number of carbonyl (C=O) groups excluding carboxylic acids is 1. The van der Waals surface area contributed by atoms with Gasteiger partial charge in [0.1, 0.15) is 6.10 Å². The number of amides is 1. The monoisotopic (exact) mass is 349 g/mol. The van der Waals surface area contributed by atoms with Gasteiger partial charge in [0.2, 0.25) is 0 Å². The van der Waals surface area contributed by atoms with Crippen LogP contribution in [-0.4, -0.2) is 54.1 Å². The molecule has 0 aromatic heterocycles. The fourth-order valence-corrected chi connectivity index (χ4v) is 4.80. The summed E-state index contributed by atoms with van der Waals surface area (Å²) in [6.07, 6.45) is 8.29. The average Bonchev–Trinajstić information content (AvgIpc) is 3.40. The van der Waals surface area contributed by atoms with Crippen molar-refractivity contribution in [2.75, 3.05) is 19.7 Å². The van der Waals surface area contributed by atoms with Crippen LogP contribution in [0, 0.1) is 5.92 Å². The van der Waals surface area contributed by atoms with Gasteiger partial charge in [0.15, 0.2) is 0 Å². The number of epoxide rings is 2. The van der Waals surface area contributed by atoms with Gasteiger partial charge in [-0.2, -0.15) is 0 Å². The van der Waals surface area contributed by atoms with Crippen molar-refractivity contribution in [3.05, 3.63) is 11.6 Å². The largest absolute Gasteiger partial charge is 0.446 e. The van der Waals surface area contributed by atoms with Crippen LogP contribution >= 0.6 is 0 Å². The molecule has 1 amide bonds. The number of likely N-dealkylation sites (tertiary alicyclic amines) is 1. The maximum atomic E-state index is 12.3. The van der Waals surface area contributed by atoms with E-state index in [0.717, 1.165) is 58.2 Å². The molecule has 3 aliphatic heterocycles. The Morgan fingerprint density at radius 2 is 2.04 bits per heavy atom. The summed E-state index contributed by atoms with van der Waals surface area (Å²) < 4.78 is 17.9. The Kier molecular flexibility index (Phi) is 4.35. The van der Waals surface area contributed by atoms with E-state index in [1.807, 2.05) is 4.90 Å². The van der Waals surface area contributed by atoms with E-state index in [1.165, 1.54) is 5.57 Å². The Bertz CT molecular complexity index is 560. The summed E-state index contributed by atoms with van der Waals surface area (Å²) in [5.41, 5.74) is 1.17. The van der Waals surface area contributed by atoms with E-state index in [-0.39, 0.29) is 29.5 Å². The van der Waals surface area contributed by atoms with E-state index >= 15 is 0 Å². The van der Waals surface area contributed by atoms with E-state index in [4.69, 9.17) is 14.2 Å². The van der Waals surface area contributed by atoms with Crippen LogP contribution in [0.1, 0.15) is 59.3 Å². The standard InChI is InChI=1S/C20H31NO4/c1-14(2)6-7-17-19(3,25-17)16-12-15(8-9-20(16)13-23-20)24-18(22)21-10-4-5-11-21/h6,15-17H,4-5,7-13H2,1-3H3/t15-,16-,17-,19-,20+/m1/s1. The highest BCUT2D eigenvalue weighted by molar-refractivity contribution is 5.68. The zero-order chi connectivity index (χ0) is 17.7. The van der Waals surface area contributed by atoms with Crippen LogP contribution in [0.4, 0.5) is 4.79 Å². The smallest absolute Gasteiger partial charge is 0.410 e. The van der Waals surface area contributed by atoms with Gasteiger partial charge in [0.25, 0.3) is 0 Å². The fourth-order valence-electron chi connectivity index (χ4n) is 4.80. The van der Waals surface area contributed by atoms with Gasteiger partial charge in [-0.3, -0.25) is 0 Å². The van der Waals surface area contributed by atoms with Gasteiger partial charge in [-0.15, -0.1) is 0 Å². The molecule has 5 atom stereocenters. The molecule has 1 saturated carbocycles. The molecule has 0 radical (unpaired) electrons. The zero-order valence-corrected chi connectivity index (χ0v) is 15.8. The first-order valence-corrected chi connectivity index (χ1v) is 9.84. The number of rotatable bonds is 4. The molecule has 140 valence electrons. The summed E-state index contributed by atoms with van der Waals surface area (Å²) in [6.45, 7) is 8.98. The van der Waals surface area contributed by atoms with Crippen molar-refractivity contribution >= 4 is 6.09 Å². The first-order chi connectivity index (χ1) is 11.9. The van der Waals surface area contributed by atoms with Crippen LogP contribution in [0.3, 0.4) is 0 Å². The molecule has 1 spiro atoms. The molecule has 4 aliphatic rings. The highest BCUT2D eigenvalue weighted by Crippen LogP contribution is 2.59. The maximum Gasteiger partial charge on any atom is 0.410 e. The predicted octanol–water partition coefficient (Wildman–Crippen LogP) is 3.67. The van der Waals surface area contributed by atoms with Crippen molar-refractivity contribution < 1.29 is 19.0 Å². The van der Waals surface area contributed by atoms with Gasteiger partial charge in [0, 0.05) is 19.0 Å². The molecule has 0 N–H and O–H groups in total. The van der Waals surface area contributed by atoms with Gasteiger partial charge in [0.05, 0.1) is 23.9 Å². The number of nitrogens with zero attached hydrogens (tertiary/aromatic N) is 1. The van der Waals surface area contributed by atoms with E-state index in [0.29, 0.717) is 5.92 Å². The molecule has 25 heavy (non-hydrogen) atoms. The summed E-state index contributed by atoms with van der Waals surface area (Å²) in [4.78, 5) is 14.2. The van der Waals surface area contributed by atoms with Crippen molar-refractivity contribution in [2.45, 2.75) is 82.7 Å². The molecular formula is C20H31NO4. The highest BCUT2D eigenvalue weighted by Gasteiger charge is 2.68. The number of hydrogen-bond acceptors (Lipinski definition) is 4. The molecule has 3 saturated heterocycles. The second-order valence-electron chi connectivity index (χ2n) is 8.69. The lowest BCUT2D eigenvalue weighted by Gasteiger charge is -2.37. The molecule has 0 aromatic carbocycles. The molecule has 0 aromatic rings. The number of ether oxygens (including phenoxy) is 3. The van der Waals surface area contributed by atoms with E-state index in [2.05, 4.69) is 26.8 Å². The Balaban J connectivity index is 1.39. The molecule has 0 unspecified atom stereocenters. The van der Waals surface area contributed by atoms with E-state index in [9.17, 15) is 4.79 Å². The van der Waals surface area contributed by atoms with Gasteiger partial charge in [-0.1, -0.05) is 11.6 Å². The zero-order valence-electron chi connectivity index (χ0n) is 15.8. The Morgan fingerprint density at radius 3 is 2.68 bits per heavy atom. The predicted molar refractivity (Wildman–Crippen MR) is 94.4 cm³/mol. The van der Waals surface area contributed by atoms with E-state index < -0.39 is 0 Å². The lowest BCUT2D eigenvalue weighted by molar-refractivity contribution is -0.00758. The lowest BCUT2D eigenvalue weighted by Crippen LogP contribution is -2.45. The molecule has 5 heteroatoms. The second-order valence-corrected chi connectivity index (χ2v) is 8.69. The van der Waals surface area contributed by atoms with Gasteiger partial charge >= 0.3 is 6.09 Å². The third-order valence-corrected chi connectivity index (χ3v) is 6.58. The summed E-state index contributed by atoms with van der Waals surface area (Å²) in [5, 5.41) is 0. The third-order valence-electron chi connectivity index (χ3n) is 6.58. The Hall–Kier alpha value is -1.07. The van der Waals surface area contributed by atoms with Crippen LogP contribution in [0.5, 0.6) is 0 Å². The van der Waals surface area contributed by atoms with Gasteiger partial charge < -0.3 is 19.1 Å². The van der Waals surface area contributed by atoms with Gasteiger partial charge in [-0.25, -0.2) is 4.79 Å². The quantitative estimate of drug-likeness (QED) is 0.574. The van der Waals surface area contributed by atoms with Crippen molar-refractivity contribution in [2.24, 2.45) is 5.92 Å². The lowest BCUT2D eigenvalue weighted by atomic mass is 9.70. The number of carbonyl (C=O) groups is 1. The van der Waals surface area contributed by atoms with Crippen molar-refractivity contribution in [3.8, 4) is 0 Å². The molecule has 4 fully saturated rings. The minimum Gasteiger partial charge on any atom is -0.446 e. The van der Waals surface area contributed by atoms with Crippen molar-refractivity contribution in [3.63, 3.8) is 0 Å². The summed E-state index contributed by atoms with van der Waals surface area (Å²) >= 11 is 0. The van der Waals surface area contributed by atoms with Crippen LogP contribution in [0.15, 0.2) is 11.6 Å². The first-order valence-electron chi connectivity index (χ1n) is 9.84. The number of allylic oxidation sites excluding steroid dienone is 1. The third kappa shape index (κ3) is 3.33. The molecule has 4 rings (SSSR count). The average molecular weight is 349 g/mol. The summed E-state index contributed by atoms with van der Waals surface area (Å²) in [7, 11) is 0. The first kappa shape index (κ1) is 17.3. The summed E-state index contributed by atoms with van der Waals surface area (Å²) in [6, 6.07) is 0. The van der Waals surface area contributed by atoms with Crippen LogP contribution in [0.2, 0.25) is 0 Å². The topological polar surface area (TPSA) is 54.6 Å². The summed E-state index contributed by atoms with van der Waals surface area (Å²) in [5.74, 6) is 0.320. The van der Waals surface area contributed by atoms with Gasteiger partial charge in [-0.05, 0) is 59.3 Å². The normalized spacial score (nSPS) is 42.4. The van der Waals surface area contributed by atoms with Crippen LogP contribution < -0.4 is 0 Å². The Morgan fingerprint density at radius 1 is 1.32 bits per heavy atom. The number of hydrogen-bond donors (Lipinski definition) is 0. The molecular weight excluding hydrogens is 318 g/mol. The molecule has 3 heterocycles. The minimum absolute atomic E-state index is 0.00180. The second kappa shape index (κ2) is 6.27. The minimum atomic E-state index is -0.138. The molecule has 5 nitrogen and oxygen atoms in total. The maximum absolute atomic E-state index is 12.3. The highest BCUT2D eigenvalue weighted by atomic mass is 16.6. The van der Waals surface area contributed by atoms with Crippen LogP contribution in [0.25, 0.3) is 0 Å². The van der Waals surface area contributed by atoms with Crippen LogP contribution in [-0.2, 0) is 14.2 Å². The molecule has 0 bridgehead atoms.